The number of nitrogens with two attached hydrogens (primary N) is 1. The summed E-state index contributed by atoms with van der Waals surface area (Å²) < 4.78 is 8.25. The molecule has 28 heavy (non-hydrogen) atoms. The van der Waals surface area contributed by atoms with Gasteiger partial charge in [0.05, 0.1) is 6.54 Å². The van der Waals surface area contributed by atoms with E-state index in [1.54, 1.807) is 0 Å². The van der Waals surface area contributed by atoms with Crippen LogP contribution in [0.4, 0.5) is 0 Å². The molecule has 1 fully saturated rings. The normalized spacial score (nSPS) is 18.7. The van der Waals surface area contributed by atoms with Crippen LogP contribution in [-0.2, 0) is 11.3 Å². The quantitative estimate of drug-likeness (QED) is 0.853. The van der Waals surface area contributed by atoms with Gasteiger partial charge in [-0.3, -0.25) is 9.59 Å². The first-order chi connectivity index (χ1) is 13.4. The first-order valence-electron chi connectivity index (χ1n) is 10.0. The van der Waals surface area contributed by atoms with E-state index in [-0.39, 0.29) is 18.6 Å². The lowest BCUT2D eigenvalue weighted by Crippen LogP contribution is -2.44. The van der Waals surface area contributed by atoms with Crippen molar-refractivity contribution < 1.29 is 14.3 Å². The highest BCUT2D eigenvalue weighted by atomic mass is 16.5. The molecule has 150 valence electrons. The summed E-state index contributed by atoms with van der Waals surface area (Å²) in [6.07, 6.45) is 2.30. The van der Waals surface area contributed by atoms with E-state index >= 15 is 0 Å². The zero-order valence-corrected chi connectivity index (χ0v) is 16.6. The lowest BCUT2D eigenvalue weighted by molar-refractivity contribution is -0.118. The number of piperidine rings is 1. The van der Waals surface area contributed by atoms with E-state index in [1.807, 2.05) is 28.8 Å². The molecule has 0 unspecified atom stereocenters. The number of aromatic nitrogens is 1. The standard InChI is InChI=1S/C21H28N4O3/c1-14(2)23-7-5-16(6-8-23)28-17-3-4-18-15(11-17)12-19-21(27)24(13-20(22)26)9-10-25(18)19/h3-4,11-12,14,16H,5-10,13H2,1-2H3,(H2,22,26). The molecular formula is C21H28N4O3. The average molecular weight is 384 g/mol. The molecule has 2 amide bonds. The van der Waals surface area contributed by atoms with Gasteiger partial charge >= 0.3 is 0 Å². The Hall–Kier alpha value is -2.54. The molecule has 1 aromatic heterocycles. The molecule has 3 heterocycles. The molecule has 4 rings (SSSR count). The van der Waals surface area contributed by atoms with E-state index in [2.05, 4.69) is 18.7 Å². The molecule has 2 N–H and O–H groups in total. The summed E-state index contributed by atoms with van der Waals surface area (Å²) in [5.41, 5.74) is 6.87. The van der Waals surface area contributed by atoms with Crippen LogP contribution in [0.15, 0.2) is 24.3 Å². The topological polar surface area (TPSA) is 80.8 Å². The molecule has 1 saturated heterocycles. The number of fused-ring (bicyclic) bond motifs is 3. The highest BCUT2D eigenvalue weighted by molar-refractivity contribution is 6.01. The van der Waals surface area contributed by atoms with E-state index < -0.39 is 5.91 Å². The fourth-order valence-corrected chi connectivity index (χ4v) is 4.27. The minimum Gasteiger partial charge on any atom is -0.490 e. The Labute approximate surface area is 165 Å². The van der Waals surface area contributed by atoms with Crippen LogP contribution in [0.5, 0.6) is 5.75 Å². The number of rotatable bonds is 5. The van der Waals surface area contributed by atoms with Crippen molar-refractivity contribution in [1.82, 2.24) is 14.4 Å². The maximum absolute atomic E-state index is 12.7. The summed E-state index contributed by atoms with van der Waals surface area (Å²) in [6.45, 7) is 7.71. The second kappa shape index (κ2) is 7.47. The molecule has 0 bridgehead atoms. The van der Waals surface area contributed by atoms with Crippen molar-refractivity contribution in [3.8, 4) is 5.75 Å². The molecule has 0 spiro atoms. The Bertz CT molecular complexity index is 896. The Kier molecular flexibility index (Phi) is 5.02. The number of ether oxygens (including phenoxy) is 1. The predicted octanol–water partition coefficient (Wildman–Crippen LogP) is 1.83. The highest BCUT2D eigenvalue weighted by Crippen LogP contribution is 2.29. The summed E-state index contributed by atoms with van der Waals surface area (Å²) in [5.74, 6) is 0.210. The van der Waals surface area contributed by atoms with Crippen LogP contribution in [0.2, 0.25) is 0 Å². The van der Waals surface area contributed by atoms with Crippen molar-refractivity contribution in [3.05, 3.63) is 30.0 Å². The smallest absolute Gasteiger partial charge is 0.271 e. The van der Waals surface area contributed by atoms with Crippen molar-refractivity contribution in [2.45, 2.75) is 45.4 Å². The van der Waals surface area contributed by atoms with Crippen molar-refractivity contribution in [2.24, 2.45) is 5.73 Å². The zero-order chi connectivity index (χ0) is 19.8. The minimum atomic E-state index is -0.489. The first kappa shape index (κ1) is 18.8. The van der Waals surface area contributed by atoms with Gasteiger partial charge in [-0.2, -0.15) is 0 Å². The van der Waals surface area contributed by atoms with E-state index in [0.717, 1.165) is 42.6 Å². The Morgan fingerprint density at radius 3 is 2.61 bits per heavy atom. The molecule has 2 aliphatic heterocycles. The maximum Gasteiger partial charge on any atom is 0.271 e. The van der Waals surface area contributed by atoms with E-state index in [1.165, 1.54) is 4.90 Å². The summed E-state index contributed by atoms with van der Waals surface area (Å²) in [4.78, 5) is 27.9. The number of primary amides is 1. The third kappa shape index (κ3) is 3.58. The lowest BCUT2D eigenvalue weighted by atomic mass is 10.1. The number of benzene rings is 1. The van der Waals surface area contributed by atoms with E-state index in [4.69, 9.17) is 10.5 Å². The van der Waals surface area contributed by atoms with Crippen molar-refractivity contribution in [2.75, 3.05) is 26.2 Å². The van der Waals surface area contributed by atoms with Crippen LogP contribution in [0.3, 0.4) is 0 Å². The zero-order valence-electron chi connectivity index (χ0n) is 16.6. The van der Waals surface area contributed by atoms with Gasteiger partial charge in [-0.05, 0) is 51.0 Å². The molecule has 2 aliphatic rings. The SMILES string of the molecule is CC(C)N1CCC(Oc2ccc3c(c2)cc2n3CCN(CC(N)=O)C2=O)CC1. The number of nitrogens with zero attached hydrogens (tertiary/aromatic N) is 3. The Balaban J connectivity index is 1.50. The summed E-state index contributed by atoms with van der Waals surface area (Å²) >= 11 is 0. The average Bonchev–Trinajstić information content (AvgIpc) is 3.03. The molecule has 2 aromatic rings. The second-order valence-corrected chi connectivity index (χ2v) is 8.04. The molecule has 7 nitrogen and oxygen atoms in total. The van der Waals surface area contributed by atoms with E-state index in [0.29, 0.717) is 24.8 Å². The number of carbonyl (C=O) groups excluding carboxylic acids is 2. The van der Waals surface area contributed by atoms with Crippen LogP contribution >= 0.6 is 0 Å². The number of carbonyl (C=O) groups is 2. The van der Waals surface area contributed by atoms with Gasteiger partial charge in [-0.1, -0.05) is 0 Å². The van der Waals surface area contributed by atoms with Crippen molar-refractivity contribution in [1.29, 1.82) is 0 Å². The van der Waals surface area contributed by atoms with Gasteiger partial charge < -0.3 is 24.8 Å². The lowest BCUT2D eigenvalue weighted by Gasteiger charge is -2.34. The maximum atomic E-state index is 12.7. The summed E-state index contributed by atoms with van der Waals surface area (Å²) in [7, 11) is 0. The van der Waals surface area contributed by atoms with Crippen molar-refractivity contribution in [3.63, 3.8) is 0 Å². The third-order valence-corrected chi connectivity index (χ3v) is 5.83. The van der Waals surface area contributed by atoms with Crippen LogP contribution in [-0.4, -0.2) is 64.5 Å². The minimum absolute atomic E-state index is 0.0379. The first-order valence-corrected chi connectivity index (χ1v) is 10.0. The van der Waals surface area contributed by atoms with Crippen LogP contribution < -0.4 is 10.5 Å². The molecule has 0 saturated carbocycles. The van der Waals surface area contributed by atoms with E-state index in [9.17, 15) is 9.59 Å². The molecule has 0 atom stereocenters. The van der Waals surface area contributed by atoms with Gasteiger partial charge in [0.1, 0.15) is 17.5 Å². The number of hydrogen-bond acceptors (Lipinski definition) is 4. The third-order valence-electron chi connectivity index (χ3n) is 5.83. The highest BCUT2D eigenvalue weighted by Gasteiger charge is 2.27. The summed E-state index contributed by atoms with van der Waals surface area (Å²) in [6, 6.07) is 8.50. The van der Waals surface area contributed by atoms with Crippen LogP contribution in [0.25, 0.3) is 10.9 Å². The fourth-order valence-electron chi connectivity index (χ4n) is 4.27. The second-order valence-electron chi connectivity index (χ2n) is 8.04. The number of hydrogen-bond donors (Lipinski definition) is 1. The molecule has 1 aromatic carbocycles. The van der Waals surface area contributed by atoms with Crippen molar-refractivity contribution >= 4 is 22.7 Å². The molecule has 7 heteroatoms. The monoisotopic (exact) mass is 384 g/mol. The summed E-state index contributed by atoms with van der Waals surface area (Å²) in [5, 5.41) is 0.987. The number of likely N-dealkylation sites (tertiary alicyclic amines) is 1. The molecular weight excluding hydrogens is 356 g/mol. The van der Waals surface area contributed by atoms with Gasteiger partial charge in [-0.25, -0.2) is 0 Å². The van der Waals surface area contributed by atoms with Gasteiger partial charge in [0.15, 0.2) is 0 Å². The Morgan fingerprint density at radius 1 is 1.18 bits per heavy atom. The predicted molar refractivity (Wildman–Crippen MR) is 107 cm³/mol. The number of amides is 2. The molecule has 0 radical (unpaired) electrons. The van der Waals surface area contributed by atoms with Gasteiger partial charge in [0.2, 0.25) is 5.91 Å². The molecule has 0 aliphatic carbocycles. The largest absolute Gasteiger partial charge is 0.490 e. The van der Waals surface area contributed by atoms with Crippen LogP contribution in [0, 0.1) is 0 Å². The van der Waals surface area contributed by atoms with Gasteiger partial charge in [-0.15, -0.1) is 0 Å². The van der Waals surface area contributed by atoms with Crippen LogP contribution in [0.1, 0.15) is 37.2 Å². The Morgan fingerprint density at radius 2 is 1.93 bits per heavy atom. The fraction of sp³-hybridized carbons (Fsp3) is 0.524. The van der Waals surface area contributed by atoms with Gasteiger partial charge in [0.25, 0.3) is 5.91 Å². The van der Waals surface area contributed by atoms with Gasteiger partial charge in [0, 0.05) is 43.1 Å².